The second-order valence-corrected chi connectivity index (χ2v) is 6.89. The van der Waals surface area contributed by atoms with E-state index in [1.807, 2.05) is 6.07 Å². The molecule has 0 radical (unpaired) electrons. The number of rotatable bonds is 6. The molecule has 1 aromatic rings. The number of carbonyl (C=O) groups excluding carboxylic acids is 1. The number of phenols is 1. The zero-order chi connectivity index (χ0) is 16.3. The predicted molar refractivity (Wildman–Crippen MR) is 87.8 cm³/mol. The minimum Gasteiger partial charge on any atom is -0.507 e. The van der Waals surface area contributed by atoms with E-state index in [9.17, 15) is 9.90 Å². The second-order valence-electron chi connectivity index (χ2n) is 6.89. The molecule has 0 saturated heterocycles. The molecule has 0 fully saturated rings. The van der Waals surface area contributed by atoms with Crippen LogP contribution in [0.15, 0.2) is 12.1 Å². The van der Waals surface area contributed by atoms with Crippen LogP contribution in [0.3, 0.4) is 0 Å². The first-order valence-electron chi connectivity index (χ1n) is 7.89. The van der Waals surface area contributed by atoms with Crippen molar-refractivity contribution in [1.29, 1.82) is 0 Å². The summed E-state index contributed by atoms with van der Waals surface area (Å²) in [6.07, 6.45) is 0.757. The molecule has 3 heteroatoms. The van der Waals surface area contributed by atoms with Crippen LogP contribution in [0.1, 0.15) is 63.0 Å². The van der Waals surface area contributed by atoms with Crippen LogP contribution in [-0.4, -0.2) is 35.5 Å². The molecule has 0 aliphatic carbocycles. The molecule has 118 valence electrons. The van der Waals surface area contributed by atoms with Crippen molar-refractivity contribution in [2.45, 2.75) is 53.5 Å². The van der Waals surface area contributed by atoms with Crippen molar-refractivity contribution in [3.63, 3.8) is 0 Å². The van der Waals surface area contributed by atoms with Crippen LogP contribution in [0, 0.1) is 0 Å². The maximum atomic E-state index is 11.3. The van der Waals surface area contributed by atoms with Crippen molar-refractivity contribution in [3.8, 4) is 5.75 Å². The van der Waals surface area contributed by atoms with E-state index < -0.39 is 0 Å². The Hall–Kier alpha value is -1.35. The molecule has 0 atom stereocenters. The highest BCUT2D eigenvalue weighted by Gasteiger charge is 2.26. The molecule has 0 aliphatic rings. The highest BCUT2D eigenvalue weighted by atomic mass is 16.3. The lowest BCUT2D eigenvalue weighted by Crippen LogP contribution is -2.46. The van der Waals surface area contributed by atoms with Crippen LogP contribution in [0.2, 0.25) is 0 Å². The summed E-state index contributed by atoms with van der Waals surface area (Å²) < 4.78 is 0.916. The molecule has 0 aliphatic heterocycles. The van der Waals surface area contributed by atoms with Crippen LogP contribution in [0.5, 0.6) is 5.75 Å². The van der Waals surface area contributed by atoms with Gasteiger partial charge in [0.25, 0.3) is 0 Å². The summed E-state index contributed by atoms with van der Waals surface area (Å²) in [5.74, 6) is 0.149. The fraction of sp³-hybridized carbons (Fsp3) is 0.611. The molecule has 0 amide bonds. The lowest BCUT2D eigenvalue weighted by molar-refractivity contribution is -0.936. The van der Waals surface area contributed by atoms with Gasteiger partial charge in [-0.1, -0.05) is 20.8 Å². The Kier molecular flexibility index (Phi) is 5.57. The van der Waals surface area contributed by atoms with Crippen molar-refractivity contribution in [2.75, 3.05) is 19.6 Å². The first-order valence-corrected chi connectivity index (χ1v) is 7.89. The molecule has 1 aromatic carbocycles. The highest BCUT2D eigenvalue weighted by molar-refractivity contribution is 5.80. The van der Waals surface area contributed by atoms with E-state index >= 15 is 0 Å². The molecule has 1 N–H and O–H groups in total. The molecule has 21 heavy (non-hydrogen) atoms. The van der Waals surface area contributed by atoms with Gasteiger partial charge in [-0.3, -0.25) is 4.79 Å². The zero-order valence-corrected chi connectivity index (χ0v) is 14.4. The van der Waals surface area contributed by atoms with Crippen LogP contribution < -0.4 is 0 Å². The van der Waals surface area contributed by atoms with E-state index in [2.05, 4.69) is 47.6 Å². The van der Waals surface area contributed by atoms with E-state index in [4.69, 9.17) is 0 Å². The number of aromatic hydroxyl groups is 1. The largest absolute Gasteiger partial charge is 0.507 e. The fourth-order valence-corrected chi connectivity index (χ4v) is 2.73. The molecular formula is C18H30NO2+. The third-order valence-electron chi connectivity index (χ3n) is 4.73. The number of aldehydes is 1. The van der Waals surface area contributed by atoms with Gasteiger partial charge in [-0.05, 0) is 43.9 Å². The first-order chi connectivity index (χ1) is 9.72. The van der Waals surface area contributed by atoms with E-state index in [1.54, 1.807) is 0 Å². The lowest BCUT2D eigenvalue weighted by Gasteiger charge is -2.36. The van der Waals surface area contributed by atoms with Gasteiger partial charge in [0.1, 0.15) is 12.3 Å². The molecular weight excluding hydrogens is 262 g/mol. The Balaban J connectivity index is 3.38. The molecule has 0 unspecified atom stereocenters. The SMILES string of the molecule is CC[N+](CC)(CC)Cc1cc(C(C)(C)C)cc(C=O)c1O. The van der Waals surface area contributed by atoms with Crippen LogP contribution >= 0.6 is 0 Å². The van der Waals surface area contributed by atoms with Gasteiger partial charge < -0.3 is 9.59 Å². The third-order valence-corrected chi connectivity index (χ3v) is 4.73. The van der Waals surface area contributed by atoms with E-state index in [0.717, 1.165) is 48.1 Å². The van der Waals surface area contributed by atoms with Crippen molar-refractivity contribution in [3.05, 3.63) is 28.8 Å². The van der Waals surface area contributed by atoms with Gasteiger partial charge in [-0.25, -0.2) is 0 Å². The zero-order valence-electron chi connectivity index (χ0n) is 14.4. The predicted octanol–water partition coefficient (Wildman–Crippen LogP) is 3.88. The number of carbonyl (C=O) groups is 1. The van der Waals surface area contributed by atoms with Crippen molar-refractivity contribution in [1.82, 2.24) is 0 Å². The molecule has 0 bridgehead atoms. The maximum absolute atomic E-state index is 11.3. The quantitative estimate of drug-likeness (QED) is 0.638. The van der Waals surface area contributed by atoms with E-state index in [-0.39, 0.29) is 11.2 Å². The summed E-state index contributed by atoms with van der Waals surface area (Å²) in [5.41, 5.74) is 2.34. The lowest BCUT2D eigenvalue weighted by atomic mass is 9.84. The van der Waals surface area contributed by atoms with Gasteiger partial charge in [-0.15, -0.1) is 0 Å². The van der Waals surface area contributed by atoms with Gasteiger partial charge in [0, 0.05) is 5.56 Å². The van der Waals surface area contributed by atoms with Gasteiger partial charge in [0.15, 0.2) is 6.29 Å². The first kappa shape index (κ1) is 17.7. The summed E-state index contributed by atoms with van der Waals surface area (Å²) in [5, 5.41) is 10.4. The van der Waals surface area contributed by atoms with Gasteiger partial charge >= 0.3 is 0 Å². The topological polar surface area (TPSA) is 37.3 Å². The number of quaternary nitrogens is 1. The summed E-state index contributed by atoms with van der Waals surface area (Å²) in [6.45, 7) is 16.7. The standard InChI is InChI=1S/C18H29NO2/c1-7-19(8-2,9-3)12-14-10-16(18(4,5)6)11-15(13-20)17(14)21/h10-11,13H,7-9,12H2,1-6H3/p+1. The van der Waals surface area contributed by atoms with Crippen molar-refractivity contribution >= 4 is 6.29 Å². The summed E-state index contributed by atoms with van der Waals surface area (Å²) in [4.78, 5) is 11.3. The van der Waals surface area contributed by atoms with Crippen LogP contribution in [0.4, 0.5) is 0 Å². The summed E-state index contributed by atoms with van der Waals surface area (Å²) in [6, 6.07) is 3.88. The molecule has 0 saturated carbocycles. The number of hydrogen-bond donors (Lipinski definition) is 1. The molecule has 3 nitrogen and oxygen atoms in total. The highest BCUT2D eigenvalue weighted by Crippen LogP contribution is 2.32. The summed E-state index contributed by atoms with van der Waals surface area (Å²) >= 11 is 0. The van der Waals surface area contributed by atoms with Gasteiger partial charge in [0.2, 0.25) is 0 Å². The fourth-order valence-electron chi connectivity index (χ4n) is 2.73. The Morgan fingerprint density at radius 1 is 1.10 bits per heavy atom. The van der Waals surface area contributed by atoms with E-state index in [1.165, 1.54) is 0 Å². The smallest absolute Gasteiger partial charge is 0.153 e. The van der Waals surface area contributed by atoms with Gasteiger partial charge in [-0.2, -0.15) is 0 Å². The summed E-state index contributed by atoms with van der Waals surface area (Å²) in [7, 11) is 0. The minimum absolute atomic E-state index is 0.0412. The molecule has 0 heterocycles. The Morgan fingerprint density at radius 3 is 2.00 bits per heavy atom. The Bertz CT molecular complexity index is 488. The molecule has 0 aromatic heterocycles. The van der Waals surface area contributed by atoms with Crippen molar-refractivity contribution in [2.24, 2.45) is 0 Å². The molecule has 0 spiro atoms. The average molecular weight is 292 g/mol. The Morgan fingerprint density at radius 2 is 1.62 bits per heavy atom. The monoisotopic (exact) mass is 292 g/mol. The number of phenolic OH excluding ortho intramolecular Hbond substituents is 1. The number of nitrogens with zero attached hydrogens (tertiary/aromatic N) is 1. The normalized spacial score (nSPS) is 12.5. The minimum atomic E-state index is -0.0412. The Labute approximate surface area is 129 Å². The average Bonchev–Trinajstić information content (AvgIpc) is 2.45. The van der Waals surface area contributed by atoms with Crippen LogP contribution in [0.25, 0.3) is 0 Å². The van der Waals surface area contributed by atoms with Crippen molar-refractivity contribution < 1.29 is 14.4 Å². The van der Waals surface area contributed by atoms with Gasteiger partial charge in [0.05, 0.1) is 25.2 Å². The maximum Gasteiger partial charge on any atom is 0.153 e. The molecule has 1 rings (SSSR count). The van der Waals surface area contributed by atoms with E-state index in [0.29, 0.717) is 5.56 Å². The third kappa shape index (κ3) is 3.85. The number of benzene rings is 1. The second kappa shape index (κ2) is 6.61. The number of hydrogen-bond acceptors (Lipinski definition) is 2. The van der Waals surface area contributed by atoms with Crippen LogP contribution in [-0.2, 0) is 12.0 Å².